The number of thioether (sulfide) groups is 1. The highest BCUT2D eigenvalue weighted by Crippen LogP contribution is 2.12. The molecule has 0 aromatic carbocycles. The van der Waals surface area contributed by atoms with Gasteiger partial charge in [-0.1, -0.05) is 6.92 Å². The maximum Gasteiger partial charge on any atom is 0.255 e. The quantitative estimate of drug-likeness (QED) is 0.807. The van der Waals surface area contributed by atoms with Gasteiger partial charge in [-0.3, -0.25) is 9.78 Å². The third kappa shape index (κ3) is 3.73. The van der Waals surface area contributed by atoms with Crippen molar-refractivity contribution in [3.05, 3.63) is 29.6 Å². The minimum atomic E-state index is 0.0554. The summed E-state index contributed by atoms with van der Waals surface area (Å²) in [6.07, 6.45) is 1.71. The Labute approximate surface area is 108 Å². The fourth-order valence-electron chi connectivity index (χ4n) is 1.50. The van der Waals surface area contributed by atoms with Crippen LogP contribution in [0, 0.1) is 6.92 Å². The van der Waals surface area contributed by atoms with Crippen molar-refractivity contribution in [3.8, 4) is 0 Å². The smallest absolute Gasteiger partial charge is 0.255 e. The summed E-state index contributed by atoms with van der Waals surface area (Å²) in [5, 5.41) is 0. The van der Waals surface area contributed by atoms with Crippen LogP contribution in [-0.2, 0) is 0 Å². The molecule has 0 bridgehead atoms. The Morgan fingerprint density at radius 2 is 2.29 bits per heavy atom. The average molecular weight is 252 g/mol. The fourth-order valence-corrected chi connectivity index (χ4v) is 2.30. The highest BCUT2D eigenvalue weighted by atomic mass is 32.2. The van der Waals surface area contributed by atoms with E-state index in [1.807, 2.05) is 31.8 Å². The molecule has 1 rings (SSSR count). The highest BCUT2D eigenvalue weighted by molar-refractivity contribution is 7.99. The SMILES string of the molecule is CCSCC(C)N(C)C(=O)c1cccnc1C. The molecule has 0 spiro atoms. The van der Waals surface area contributed by atoms with Crippen molar-refractivity contribution in [2.24, 2.45) is 0 Å². The zero-order valence-corrected chi connectivity index (χ0v) is 11.8. The molecule has 3 nitrogen and oxygen atoms in total. The first-order valence-corrected chi connectivity index (χ1v) is 7.00. The topological polar surface area (TPSA) is 33.2 Å². The summed E-state index contributed by atoms with van der Waals surface area (Å²) in [6, 6.07) is 3.88. The van der Waals surface area contributed by atoms with Crippen molar-refractivity contribution >= 4 is 17.7 Å². The van der Waals surface area contributed by atoms with Gasteiger partial charge in [0, 0.05) is 30.7 Å². The van der Waals surface area contributed by atoms with Gasteiger partial charge < -0.3 is 4.90 Å². The van der Waals surface area contributed by atoms with Gasteiger partial charge in [0.15, 0.2) is 0 Å². The summed E-state index contributed by atoms with van der Waals surface area (Å²) < 4.78 is 0. The molecular weight excluding hydrogens is 232 g/mol. The second-order valence-electron chi connectivity index (χ2n) is 4.06. The predicted octanol–water partition coefficient (Wildman–Crippen LogP) is 2.60. The lowest BCUT2D eigenvalue weighted by molar-refractivity contribution is 0.0756. The second-order valence-corrected chi connectivity index (χ2v) is 5.38. The lowest BCUT2D eigenvalue weighted by atomic mass is 10.1. The number of pyridine rings is 1. The van der Waals surface area contributed by atoms with E-state index in [1.165, 1.54) is 0 Å². The van der Waals surface area contributed by atoms with Gasteiger partial charge in [-0.25, -0.2) is 0 Å². The van der Waals surface area contributed by atoms with Crippen molar-refractivity contribution in [2.75, 3.05) is 18.6 Å². The van der Waals surface area contributed by atoms with E-state index in [-0.39, 0.29) is 11.9 Å². The normalized spacial score (nSPS) is 12.2. The number of hydrogen-bond acceptors (Lipinski definition) is 3. The van der Waals surface area contributed by atoms with Crippen molar-refractivity contribution < 1.29 is 4.79 Å². The van der Waals surface area contributed by atoms with Crippen LogP contribution in [-0.4, -0.2) is 40.4 Å². The minimum Gasteiger partial charge on any atom is -0.338 e. The molecule has 0 fully saturated rings. The molecular formula is C13H20N2OS. The van der Waals surface area contributed by atoms with Crippen LogP contribution in [0.5, 0.6) is 0 Å². The van der Waals surface area contributed by atoms with Gasteiger partial charge in [-0.2, -0.15) is 11.8 Å². The molecule has 17 heavy (non-hydrogen) atoms. The molecule has 1 amide bonds. The van der Waals surface area contributed by atoms with E-state index in [0.717, 1.165) is 17.2 Å². The summed E-state index contributed by atoms with van der Waals surface area (Å²) in [4.78, 5) is 18.2. The van der Waals surface area contributed by atoms with E-state index in [1.54, 1.807) is 17.2 Å². The molecule has 1 atom stereocenters. The molecule has 1 heterocycles. The van der Waals surface area contributed by atoms with Crippen molar-refractivity contribution in [1.29, 1.82) is 0 Å². The number of aromatic nitrogens is 1. The first kappa shape index (κ1) is 14.0. The molecule has 94 valence electrons. The van der Waals surface area contributed by atoms with Crippen LogP contribution in [0.1, 0.15) is 29.9 Å². The molecule has 0 aliphatic rings. The van der Waals surface area contributed by atoms with Gasteiger partial charge in [0.2, 0.25) is 0 Å². The Morgan fingerprint density at radius 1 is 1.59 bits per heavy atom. The number of carbonyl (C=O) groups is 1. The maximum atomic E-state index is 12.2. The molecule has 1 aromatic heterocycles. The van der Waals surface area contributed by atoms with Crippen LogP contribution in [0.2, 0.25) is 0 Å². The summed E-state index contributed by atoms with van der Waals surface area (Å²) >= 11 is 1.85. The van der Waals surface area contributed by atoms with Crippen molar-refractivity contribution in [3.63, 3.8) is 0 Å². The lowest BCUT2D eigenvalue weighted by Gasteiger charge is -2.25. The maximum absolute atomic E-state index is 12.2. The first-order valence-electron chi connectivity index (χ1n) is 5.84. The average Bonchev–Trinajstić information content (AvgIpc) is 2.34. The summed E-state index contributed by atoms with van der Waals surface area (Å²) in [7, 11) is 1.86. The Balaban J connectivity index is 2.73. The van der Waals surface area contributed by atoms with Gasteiger partial charge in [0.1, 0.15) is 0 Å². The van der Waals surface area contributed by atoms with E-state index < -0.39 is 0 Å². The van der Waals surface area contributed by atoms with Crippen LogP contribution < -0.4 is 0 Å². The van der Waals surface area contributed by atoms with Crippen LogP contribution in [0.3, 0.4) is 0 Å². The lowest BCUT2D eigenvalue weighted by Crippen LogP contribution is -2.37. The Kier molecular flexibility index (Phi) is 5.48. The molecule has 0 aliphatic heterocycles. The molecule has 0 radical (unpaired) electrons. The van der Waals surface area contributed by atoms with Crippen LogP contribution in [0.25, 0.3) is 0 Å². The van der Waals surface area contributed by atoms with E-state index in [0.29, 0.717) is 5.56 Å². The van der Waals surface area contributed by atoms with Gasteiger partial charge in [-0.05, 0) is 31.7 Å². The zero-order valence-electron chi connectivity index (χ0n) is 10.9. The monoisotopic (exact) mass is 252 g/mol. The van der Waals surface area contributed by atoms with Gasteiger partial charge in [-0.15, -0.1) is 0 Å². The van der Waals surface area contributed by atoms with E-state index in [2.05, 4.69) is 18.8 Å². The Bertz CT molecular complexity index is 381. The molecule has 1 aromatic rings. The van der Waals surface area contributed by atoms with E-state index >= 15 is 0 Å². The molecule has 0 aliphatic carbocycles. The molecule has 1 unspecified atom stereocenters. The number of nitrogens with zero attached hydrogens (tertiary/aromatic N) is 2. The van der Waals surface area contributed by atoms with Crippen LogP contribution in [0.15, 0.2) is 18.3 Å². The van der Waals surface area contributed by atoms with Gasteiger partial charge >= 0.3 is 0 Å². The number of aryl methyl sites for hydroxylation is 1. The third-order valence-electron chi connectivity index (χ3n) is 2.78. The minimum absolute atomic E-state index is 0.0554. The van der Waals surface area contributed by atoms with Crippen LogP contribution >= 0.6 is 11.8 Å². The summed E-state index contributed by atoms with van der Waals surface area (Å²) in [5.41, 5.74) is 1.49. The Hall–Kier alpha value is -1.03. The zero-order chi connectivity index (χ0) is 12.8. The number of amides is 1. The summed E-state index contributed by atoms with van der Waals surface area (Å²) in [5.74, 6) is 2.11. The molecule has 0 N–H and O–H groups in total. The number of hydrogen-bond donors (Lipinski definition) is 0. The predicted molar refractivity (Wildman–Crippen MR) is 73.5 cm³/mol. The standard InChI is InChI=1S/C13H20N2OS/c1-5-17-9-10(2)15(4)13(16)12-7-6-8-14-11(12)3/h6-8,10H,5,9H2,1-4H3. The Morgan fingerprint density at radius 3 is 2.88 bits per heavy atom. The number of rotatable bonds is 5. The second kappa shape index (κ2) is 6.64. The number of carbonyl (C=O) groups excluding carboxylic acids is 1. The van der Waals surface area contributed by atoms with Gasteiger partial charge in [0.25, 0.3) is 5.91 Å². The largest absolute Gasteiger partial charge is 0.338 e. The van der Waals surface area contributed by atoms with E-state index in [9.17, 15) is 4.79 Å². The van der Waals surface area contributed by atoms with Crippen molar-refractivity contribution in [2.45, 2.75) is 26.8 Å². The van der Waals surface area contributed by atoms with Crippen molar-refractivity contribution in [1.82, 2.24) is 9.88 Å². The summed E-state index contributed by atoms with van der Waals surface area (Å²) in [6.45, 7) is 6.07. The van der Waals surface area contributed by atoms with E-state index in [4.69, 9.17) is 0 Å². The molecule has 4 heteroatoms. The first-order chi connectivity index (χ1) is 8.07. The van der Waals surface area contributed by atoms with Gasteiger partial charge in [0.05, 0.1) is 5.56 Å². The van der Waals surface area contributed by atoms with Crippen LogP contribution in [0.4, 0.5) is 0 Å². The molecule has 0 saturated heterocycles. The highest BCUT2D eigenvalue weighted by Gasteiger charge is 2.18. The third-order valence-corrected chi connectivity index (χ3v) is 3.91. The fraction of sp³-hybridized carbons (Fsp3) is 0.538. The molecule has 0 saturated carbocycles.